The molecule has 1 aliphatic rings. The van der Waals surface area contributed by atoms with Gasteiger partial charge in [0.15, 0.2) is 0 Å². The number of hydrogen-bond acceptors (Lipinski definition) is 5. The van der Waals surface area contributed by atoms with Gasteiger partial charge in [0, 0.05) is 26.2 Å². The van der Waals surface area contributed by atoms with Gasteiger partial charge in [0.05, 0.1) is 29.4 Å². The lowest BCUT2D eigenvalue weighted by atomic mass is 10.3. The summed E-state index contributed by atoms with van der Waals surface area (Å²) in [5, 5.41) is 3.04. The second-order valence-electron chi connectivity index (χ2n) is 6.48. The van der Waals surface area contributed by atoms with Gasteiger partial charge in [-0.15, -0.1) is 0 Å². The molecule has 2 aromatic rings. The molecule has 1 fully saturated rings. The molecule has 1 amide bonds. The number of para-hydroxylation sites is 2. The van der Waals surface area contributed by atoms with Crippen LogP contribution in [0.2, 0.25) is 10.0 Å². The van der Waals surface area contributed by atoms with Crippen LogP contribution >= 0.6 is 23.2 Å². The molecule has 0 unspecified atom stereocenters. The number of sulfonamides is 1. The number of piperazine rings is 1. The van der Waals surface area contributed by atoms with Crippen molar-refractivity contribution < 1.29 is 17.9 Å². The number of nitrogens with zero attached hydrogens (tertiary/aromatic N) is 2. The Morgan fingerprint density at radius 2 is 1.76 bits per heavy atom. The van der Waals surface area contributed by atoms with E-state index in [0.717, 1.165) is 0 Å². The van der Waals surface area contributed by atoms with Gasteiger partial charge in [-0.3, -0.25) is 9.69 Å². The van der Waals surface area contributed by atoms with Crippen molar-refractivity contribution in [2.75, 3.05) is 45.2 Å². The van der Waals surface area contributed by atoms with Crippen molar-refractivity contribution in [2.45, 2.75) is 4.90 Å². The third-order valence-electron chi connectivity index (χ3n) is 4.61. The van der Waals surface area contributed by atoms with E-state index in [4.69, 9.17) is 27.9 Å². The highest BCUT2D eigenvalue weighted by molar-refractivity contribution is 7.89. The maximum absolute atomic E-state index is 12.9. The molecular weight excluding hydrogens is 437 g/mol. The Morgan fingerprint density at radius 3 is 2.45 bits per heavy atom. The van der Waals surface area contributed by atoms with Crippen LogP contribution in [0.3, 0.4) is 0 Å². The number of halogens is 2. The summed E-state index contributed by atoms with van der Waals surface area (Å²) in [4.78, 5) is 14.3. The van der Waals surface area contributed by atoms with Crippen LogP contribution < -0.4 is 10.1 Å². The van der Waals surface area contributed by atoms with Crippen molar-refractivity contribution in [3.8, 4) is 5.75 Å². The van der Waals surface area contributed by atoms with E-state index in [2.05, 4.69) is 5.32 Å². The molecule has 10 heteroatoms. The Kier molecular flexibility index (Phi) is 7.02. The molecule has 0 radical (unpaired) electrons. The molecule has 7 nitrogen and oxygen atoms in total. The fourth-order valence-corrected chi connectivity index (χ4v) is 5.25. The van der Waals surface area contributed by atoms with Gasteiger partial charge in [-0.25, -0.2) is 8.42 Å². The van der Waals surface area contributed by atoms with Crippen LogP contribution in [-0.4, -0.2) is 63.4 Å². The highest BCUT2D eigenvalue weighted by Gasteiger charge is 2.31. The lowest BCUT2D eigenvalue weighted by Crippen LogP contribution is -2.50. The number of carbonyl (C=O) groups is 1. The second kappa shape index (κ2) is 9.32. The minimum atomic E-state index is -3.75. The molecule has 0 spiro atoms. The number of methoxy groups -OCH3 is 1. The number of anilines is 1. The molecule has 0 saturated carbocycles. The minimum absolute atomic E-state index is 0.00553. The predicted molar refractivity (Wildman–Crippen MR) is 113 cm³/mol. The van der Waals surface area contributed by atoms with Crippen LogP contribution in [0.4, 0.5) is 5.69 Å². The van der Waals surface area contributed by atoms with E-state index in [1.165, 1.54) is 17.5 Å². The quantitative estimate of drug-likeness (QED) is 0.720. The van der Waals surface area contributed by atoms with Crippen LogP contribution in [0.5, 0.6) is 5.75 Å². The summed E-state index contributed by atoms with van der Waals surface area (Å²) < 4.78 is 32.3. The molecule has 1 N–H and O–H groups in total. The summed E-state index contributed by atoms with van der Waals surface area (Å²) in [7, 11) is -2.21. The van der Waals surface area contributed by atoms with Crippen molar-refractivity contribution in [2.24, 2.45) is 0 Å². The summed E-state index contributed by atoms with van der Waals surface area (Å²) in [6.45, 7) is 1.53. The average molecular weight is 458 g/mol. The number of ether oxygens (including phenoxy) is 1. The lowest BCUT2D eigenvalue weighted by Gasteiger charge is -2.33. The Hall–Kier alpha value is -1.84. The predicted octanol–water partition coefficient (Wildman–Crippen LogP) is 2.95. The van der Waals surface area contributed by atoms with Gasteiger partial charge < -0.3 is 10.1 Å². The average Bonchev–Trinajstić information content (AvgIpc) is 2.70. The normalized spacial score (nSPS) is 15.8. The molecule has 1 saturated heterocycles. The molecule has 3 rings (SSSR count). The standard InChI is InChI=1S/C19H21Cl2N3O4S/c1-28-16-7-3-2-6-15(16)22-18(25)13-23-9-11-24(12-10-23)29(26,27)17-8-4-5-14(20)19(17)21/h2-8H,9-13H2,1H3,(H,22,25). The van der Waals surface area contributed by atoms with E-state index in [-0.39, 0.29) is 40.5 Å². The van der Waals surface area contributed by atoms with Gasteiger partial charge in [-0.1, -0.05) is 41.4 Å². The Balaban J connectivity index is 1.59. The number of carbonyl (C=O) groups excluding carboxylic acids is 1. The molecule has 1 aliphatic heterocycles. The molecule has 29 heavy (non-hydrogen) atoms. The number of benzene rings is 2. The second-order valence-corrected chi connectivity index (χ2v) is 9.17. The maximum atomic E-state index is 12.9. The Bertz CT molecular complexity index is 993. The molecule has 0 aliphatic carbocycles. The van der Waals surface area contributed by atoms with Crippen molar-refractivity contribution in [3.63, 3.8) is 0 Å². The summed E-state index contributed by atoms with van der Waals surface area (Å²) >= 11 is 12.0. The van der Waals surface area contributed by atoms with Crippen molar-refractivity contribution >= 4 is 44.8 Å². The van der Waals surface area contributed by atoms with Gasteiger partial charge in [-0.05, 0) is 24.3 Å². The molecule has 0 bridgehead atoms. The minimum Gasteiger partial charge on any atom is -0.495 e. The number of rotatable bonds is 6. The number of amides is 1. The Morgan fingerprint density at radius 1 is 1.07 bits per heavy atom. The van der Waals surface area contributed by atoms with Crippen molar-refractivity contribution in [1.29, 1.82) is 0 Å². The van der Waals surface area contributed by atoms with Crippen LogP contribution in [0.1, 0.15) is 0 Å². The third-order valence-corrected chi connectivity index (χ3v) is 7.49. The first-order valence-corrected chi connectivity index (χ1v) is 11.1. The monoisotopic (exact) mass is 457 g/mol. The number of nitrogens with one attached hydrogen (secondary N) is 1. The summed E-state index contributed by atoms with van der Waals surface area (Å²) in [5.41, 5.74) is 0.594. The van der Waals surface area contributed by atoms with E-state index in [9.17, 15) is 13.2 Å². The van der Waals surface area contributed by atoms with Crippen LogP contribution in [0.15, 0.2) is 47.4 Å². The van der Waals surface area contributed by atoms with Crippen LogP contribution in [-0.2, 0) is 14.8 Å². The van der Waals surface area contributed by atoms with E-state index in [1.807, 2.05) is 17.0 Å². The van der Waals surface area contributed by atoms with Crippen LogP contribution in [0, 0.1) is 0 Å². The van der Waals surface area contributed by atoms with Crippen LogP contribution in [0.25, 0.3) is 0 Å². The summed E-state index contributed by atoms with van der Waals surface area (Å²) in [6.07, 6.45) is 0. The van der Waals surface area contributed by atoms with Gasteiger partial charge >= 0.3 is 0 Å². The first kappa shape index (κ1) is 21.9. The molecule has 156 valence electrons. The zero-order chi connectivity index (χ0) is 21.0. The van der Waals surface area contributed by atoms with Crippen molar-refractivity contribution in [1.82, 2.24) is 9.21 Å². The van der Waals surface area contributed by atoms with E-state index in [1.54, 1.807) is 24.3 Å². The molecule has 0 atom stereocenters. The Labute approximate surface area is 180 Å². The smallest absolute Gasteiger partial charge is 0.244 e. The molecule has 0 aromatic heterocycles. The van der Waals surface area contributed by atoms with E-state index in [0.29, 0.717) is 24.5 Å². The van der Waals surface area contributed by atoms with Gasteiger partial charge in [0.25, 0.3) is 0 Å². The maximum Gasteiger partial charge on any atom is 0.244 e. The summed E-state index contributed by atoms with van der Waals surface area (Å²) in [6, 6.07) is 11.7. The SMILES string of the molecule is COc1ccccc1NC(=O)CN1CCN(S(=O)(=O)c2cccc(Cl)c2Cl)CC1. The fourth-order valence-electron chi connectivity index (χ4n) is 3.09. The first-order chi connectivity index (χ1) is 13.8. The fraction of sp³-hybridized carbons (Fsp3) is 0.316. The topological polar surface area (TPSA) is 79.0 Å². The highest BCUT2D eigenvalue weighted by atomic mass is 35.5. The van der Waals surface area contributed by atoms with Gasteiger partial charge in [0.2, 0.25) is 15.9 Å². The number of hydrogen-bond donors (Lipinski definition) is 1. The first-order valence-electron chi connectivity index (χ1n) is 8.92. The zero-order valence-electron chi connectivity index (χ0n) is 15.8. The molecule has 2 aromatic carbocycles. The highest BCUT2D eigenvalue weighted by Crippen LogP contribution is 2.31. The van der Waals surface area contributed by atoms with Crippen molar-refractivity contribution in [3.05, 3.63) is 52.5 Å². The van der Waals surface area contributed by atoms with Gasteiger partial charge in [0.1, 0.15) is 10.6 Å². The zero-order valence-corrected chi connectivity index (χ0v) is 18.1. The third kappa shape index (κ3) is 5.02. The molecular formula is C19H21Cl2N3O4S. The van der Waals surface area contributed by atoms with Gasteiger partial charge in [-0.2, -0.15) is 4.31 Å². The van der Waals surface area contributed by atoms with E-state index >= 15 is 0 Å². The molecule has 1 heterocycles. The summed E-state index contributed by atoms with van der Waals surface area (Å²) in [5.74, 6) is 0.388. The lowest BCUT2D eigenvalue weighted by molar-refractivity contribution is -0.117. The van der Waals surface area contributed by atoms with E-state index < -0.39 is 10.0 Å². The largest absolute Gasteiger partial charge is 0.495 e.